The summed E-state index contributed by atoms with van der Waals surface area (Å²) in [5.74, 6) is 0. The molecule has 1 aliphatic rings. The van der Waals surface area contributed by atoms with Crippen LogP contribution in [-0.2, 0) is 16.0 Å². The molecule has 1 aliphatic heterocycles. The van der Waals surface area contributed by atoms with Crippen molar-refractivity contribution in [3.63, 3.8) is 0 Å². The van der Waals surface area contributed by atoms with Crippen molar-refractivity contribution in [3.05, 3.63) is 33.9 Å². The number of hydrogen-bond acceptors (Lipinski definition) is 7. The summed E-state index contributed by atoms with van der Waals surface area (Å²) < 4.78 is 10.8. The van der Waals surface area contributed by atoms with Gasteiger partial charge in [0.15, 0.2) is 0 Å². The van der Waals surface area contributed by atoms with Gasteiger partial charge in [0.05, 0.1) is 11.5 Å². The smallest absolute Gasteiger partial charge is 0.420 e. The number of carbonyl (C=O) groups is 2. The SMILES string of the molecule is CC(C)(C)OC(=O)N(Cc1cc([N+](=O)[O-])ccc1N1CCCC1)C(=O)OC(C)(C)C. The van der Waals surface area contributed by atoms with Crippen LogP contribution < -0.4 is 4.90 Å². The van der Waals surface area contributed by atoms with Crippen LogP contribution in [-0.4, -0.2) is 46.3 Å². The number of anilines is 1. The lowest BCUT2D eigenvalue weighted by molar-refractivity contribution is -0.384. The molecule has 0 unspecified atom stereocenters. The third kappa shape index (κ3) is 6.60. The van der Waals surface area contributed by atoms with Crippen LogP contribution in [0.25, 0.3) is 0 Å². The van der Waals surface area contributed by atoms with Crippen molar-refractivity contribution in [2.24, 2.45) is 0 Å². The fourth-order valence-corrected chi connectivity index (χ4v) is 3.09. The van der Waals surface area contributed by atoms with Gasteiger partial charge in [-0.1, -0.05) is 0 Å². The highest BCUT2D eigenvalue weighted by Crippen LogP contribution is 2.30. The monoisotopic (exact) mass is 421 g/mol. The van der Waals surface area contributed by atoms with Crippen molar-refractivity contribution in [2.75, 3.05) is 18.0 Å². The first-order valence-electron chi connectivity index (χ1n) is 10.0. The number of nitrogens with zero attached hydrogens (tertiary/aromatic N) is 3. The molecule has 0 saturated carbocycles. The predicted octanol–water partition coefficient (Wildman–Crippen LogP) is 4.87. The van der Waals surface area contributed by atoms with Gasteiger partial charge in [0, 0.05) is 36.5 Å². The molecule has 0 atom stereocenters. The van der Waals surface area contributed by atoms with E-state index in [1.807, 2.05) is 0 Å². The van der Waals surface area contributed by atoms with E-state index in [1.54, 1.807) is 47.6 Å². The van der Waals surface area contributed by atoms with Gasteiger partial charge in [-0.25, -0.2) is 14.5 Å². The van der Waals surface area contributed by atoms with E-state index in [9.17, 15) is 19.7 Å². The highest BCUT2D eigenvalue weighted by Gasteiger charge is 2.33. The van der Waals surface area contributed by atoms with Crippen molar-refractivity contribution in [1.82, 2.24) is 4.90 Å². The van der Waals surface area contributed by atoms with Gasteiger partial charge in [-0.3, -0.25) is 10.1 Å². The maximum atomic E-state index is 12.8. The molecule has 9 heteroatoms. The normalized spacial score (nSPS) is 14.4. The van der Waals surface area contributed by atoms with Crippen LogP contribution in [0, 0.1) is 10.1 Å². The first-order chi connectivity index (χ1) is 13.8. The molecule has 0 aromatic heterocycles. The van der Waals surface area contributed by atoms with Crippen LogP contribution in [0.2, 0.25) is 0 Å². The molecule has 1 fully saturated rings. The predicted molar refractivity (Wildman–Crippen MR) is 113 cm³/mol. The van der Waals surface area contributed by atoms with Gasteiger partial charge in [-0.05, 0) is 60.5 Å². The van der Waals surface area contributed by atoms with E-state index in [4.69, 9.17) is 9.47 Å². The Labute approximate surface area is 177 Å². The summed E-state index contributed by atoms with van der Waals surface area (Å²) in [4.78, 5) is 39.4. The molecule has 0 aliphatic carbocycles. The molecule has 1 aromatic carbocycles. The molecular weight excluding hydrogens is 390 g/mol. The lowest BCUT2D eigenvalue weighted by atomic mass is 10.1. The summed E-state index contributed by atoms with van der Waals surface area (Å²) in [6, 6.07) is 4.50. The first kappa shape index (κ1) is 23.4. The molecule has 0 spiro atoms. The number of imide groups is 1. The quantitative estimate of drug-likeness (QED) is 0.505. The summed E-state index contributed by atoms with van der Waals surface area (Å²) >= 11 is 0. The number of rotatable bonds is 4. The highest BCUT2D eigenvalue weighted by atomic mass is 16.6. The van der Waals surface area contributed by atoms with Gasteiger partial charge in [0.25, 0.3) is 5.69 Å². The summed E-state index contributed by atoms with van der Waals surface area (Å²) in [6.45, 7) is 11.6. The van der Waals surface area contributed by atoms with Gasteiger partial charge < -0.3 is 14.4 Å². The van der Waals surface area contributed by atoms with Crippen molar-refractivity contribution in [2.45, 2.75) is 72.1 Å². The Balaban J connectivity index is 2.43. The maximum absolute atomic E-state index is 12.8. The second-order valence-electron chi connectivity index (χ2n) is 9.31. The van der Waals surface area contributed by atoms with Gasteiger partial charge in [-0.2, -0.15) is 0 Å². The lowest BCUT2D eigenvalue weighted by Gasteiger charge is -2.30. The first-order valence-corrected chi connectivity index (χ1v) is 10.0. The van der Waals surface area contributed by atoms with Gasteiger partial charge >= 0.3 is 12.2 Å². The Kier molecular flexibility index (Phi) is 6.95. The molecule has 0 radical (unpaired) electrons. The zero-order chi connectivity index (χ0) is 22.7. The van der Waals surface area contributed by atoms with Crippen LogP contribution in [0.3, 0.4) is 0 Å². The van der Waals surface area contributed by atoms with Gasteiger partial charge in [-0.15, -0.1) is 0 Å². The Morgan fingerprint density at radius 1 is 1.03 bits per heavy atom. The minimum atomic E-state index is -0.865. The molecule has 166 valence electrons. The second-order valence-corrected chi connectivity index (χ2v) is 9.31. The second kappa shape index (κ2) is 8.89. The summed E-state index contributed by atoms with van der Waals surface area (Å²) in [5, 5.41) is 11.3. The minimum absolute atomic E-state index is 0.110. The molecule has 9 nitrogen and oxygen atoms in total. The Morgan fingerprint density at radius 2 is 1.53 bits per heavy atom. The molecule has 2 rings (SSSR count). The minimum Gasteiger partial charge on any atom is -0.443 e. The molecule has 2 amide bonds. The fraction of sp³-hybridized carbons (Fsp3) is 0.619. The summed E-state index contributed by atoms with van der Waals surface area (Å²) in [7, 11) is 0. The Morgan fingerprint density at radius 3 is 1.97 bits per heavy atom. The van der Waals surface area contributed by atoms with Crippen molar-refractivity contribution in [3.8, 4) is 0 Å². The van der Waals surface area contributed by atoms with Crippen LogP contribution in [0.1, 0.15) is 59.9 Å². The standard InChI is InChI=1S/C21H31N3O6/c1-20(2,3)29-18(25)23(19(26)30-21(4,5)6)14-15-13-16(24(27)28)9-10-17(15)22-11-7-8-12-22/h9-10,13H,7-8,11-12,14H2,1-6H3. The molecule has 1 saturated heterocycles. The van der Waals surface area contributed by atoms with Crippen LogP contribution in [0.15, 0.2) is 18.2 Å². The molecule has 1 aromatic rings. The number of benzene rings is 1. The molecule has 0 bridgehead atoms. The number of nitro benzene ring substituents is 1. The van der Waals surface area contributed by atoms with E-state index in [2.05, 4.69) is 4.90 Å². The molecule has 30 heavy (non-hydrogen) atoms. The van der Waals surface area contributed by atoms with E-state index >= 15 is 0 Å². The topological polar surface area (TPSA) is 102 Å². The average molecular weight is 421 g/mol. The molecule has 1 heterocycles. The van der Waals surface area contributed by atoms with Crippen molar-refractivity contribution in [1.29, 1.82) is 0 Å². The zero-order valence-electron chi connectivity index (χ0n) is 18.6. The lowest BCUT2D eigenvalue weighted by Crippen LogP contribution is -2.43. The largest absolute Gasteiger partial charge is 0.443 e. The van der Waals surface area contributed by atoms with Gasteiger partial charge in [0.2, 0.25) is 0 Å². The van der Waals surface area contributed by atoms with Crippen molar-refractivity contribution < 1.29 is 24.0 Å². The number of non-ortho nitro benzene ring substituents is 1. The third-order valence-corrected chi connectivity index (χ3v) is 4.28. The van der Waals surface area contributed by atoms with Crippen LogP contribution >= 0.6 is 0 Å². The number of hydrogen-bond donors (Lipinski definition) is 0. The number of nitro groups is 1. The fourth-order valence-electron chi connectivity index (χ4n) is 3.09. The van der Waals surface area contributed by atoms with E-state index in [0.29, 0.717) is 5.56 Å². The van der Waals surface area contributed by atoms with E-state index in [-0.39, 0.29) is 12.2 Å². The molecule has 0 N–H and O–H groups in total. The molecular formula is C21H31N3O6. The number of amides is 2. The Hall–Kier alpha value is -2.84. The van der Waals surface area contributed by atoms with E-state index < -0.39 is 28.3 Å². The summed E-state index contributed by atoms with van der Waals surface area (Å²) in [5.41, 5.74) is -0.505. The number of carbonyl (C=O) groups excluding carboxylic acids is 2. The highest BCUT2D eigenvalue weighted by molar-refractivity contribution is 5.88. The van der Waals surface area contributed by atoms with Crippen LogP contribution in [0.4, 0.5) is 21.0 Å². The third-order valence-electron chi connectivity index (χ3n) is 4.28. The van der Waals surface area contributed by atoms with Gasteiger partial charge in [0.1, 0.15) is 11.2 Å². The van der Waals surface area contributed by atoms with Crippen molar-refractivity contribution >= 4 is 23.6 Å². The maximum Gasteiger partial charge on any atom is 0.420 e. The van der Waals surface area contributed by atoms with E-state index in [1.165, 1.54) is 12.1 Å². The average Bonchev–Trinajstić information content (AvgIpc) is 3.10. The zero-order valence-corrected chi connectivity index (χ0v) is 18.6. The van der Waals surface area contributed by atoms with E-state index in [0.717, 1.165) is 36.5 Å². The number of ether oxygens (including phenoxy) is 2. The Bertz CT molecular complexity index is 776. The summed E-state index contributed by atoms with van der Waals surface area (Å²) in [6.07, 6.45) is 0.294. The van der Waals surface area contributed by atoms with Crippen LogP contribution in [0.5, 0.6) is 0 Å².